The minimum Gasteiger partial charge on any atom is -0.319 e. The summed E-state index contributed by atoms with van der Waals surface area (Å²) in [7, 11) is 2.02. The highest BCUT2D eigenvalue weighted by atomic mass is 32.2. The zero-order valence-electron chi connectivity index (χ0n) is 8.24. The fourth-order valence-corrected chi connectivity index (χ4v) is 2.05. The molecule has 0 aromatic carbocycles. The minimum atomic E-state index is 0.469. The Morgan fingerprint density at radius 1 is 1.36 bits per heavy atom. The fraction of sp³-hybridized carbons (Fsp3) is 1.00. The second-order valence-electron chi connectivity index (χ2n) is 3.64. The normalized spacial score (nSPS) is 12.0. The summed E-state index contributed by atoms with van der Waals surface area (Å²) < 4.78 is 0. The lowest BCUT2D eigenvalue weighted by Crippen LogP contribution is -2.27. The van der Waals surface area contributed by atoms with Crippen LogP contribution in [0.15, 0.2) is 0 Å². The standard InChI is InChI=1S/C9H21NS/c1-5-11-7-6-9(2,3)8-10-4/h10H,5-8H2,1-4H3. The molecule has 0 rings (SSSR count). The van der Waals surface area contributed by atoms with Gasteiger partial charge in [0.2, 0.25) is 0 Å². The average Bonchev–Trinajstić information content (AvgIpc) is 1.87. The predicted octanol–water partition coefficient (Wildman–Crippen LogP) is 2.38. The lowest BCUT2D eigenvalue weighted by Gasteiger charge is -2.23. The van der Waals surface area contributed by atoms with Crippen molar-refractivity contribution in [1.29, 1.82) is 0 Å². The molecule has 0 radical (unpaired) electrons. The maximum absolute atomic E-state index is 3.23. The van der Waals surface area contributed by atoms with Gasteiger partial charge in [-0.1, -0.05) is 20.8 Å². The molecule has 0 heterocycles. The minimum absolute atomic E-state index is 0.469. The molecule has 0 aromatic heterocycles. The predicted molar refractivity (Wildman–Crippen MR) is 55.3 cm³/mol. The van der Waals surface area contributed by atoms with Gasteiger partial charge in [-0.3, -0.25) is 0 Å². The average molecular weight is 175 g/mol. The van der Waals surface area contributed by atoms with Gasteiger partial charge in [-0.15, -0.1) is 0 Å². The lowest BCUT2D eigenvalue weighted by molar-refractivity contribution is 0.342. The molecule has 0 fully saturated rings. The van der Waals surface area contributed by atoms with Gasteiger partial charge in [-0.25, -0.2) is 0 Å². The molecule has 0 saturated heterocycles. The molecule has 0 bridgehead atoms. The molecule has 0 unspecified atom stereocenters. The Morgan fingerprint density at radius 2 is 2.00 bits per heavy atom. The van der Waals surface area contributed by atoms with Gasteiger partial charge in [-0.05, 0) is 36.9 Å². The SMILES string of the molecule is CCSCCC(C)(C)CNC. The van der Waals surface area contributed by atoms with E-state index in [4.69, 9.17) is 0 Å². The molecular formula is C9H21NS. The van der Waals surface area contributed by atoms with E-state index in [2.05, 4.69) is 26.1 Å². The van der Waals surface area contributed by atoms with Crippen LogP contribution in [-0.2, 0) is 0 Å². The highest BCUT2D eigenvalue weighted by molar-refractivity contribution is 7.99. The molecule has 0 aliphatic carbocycles. The summed E-state index contributed by atoms with van der Waals surface area (Å²) in [5.74, 6) is 2.54. The molecule has 1 N–H and O–H groups in total. The van der Waals surface area contributed by atoms with Crippen LogP contribution in [-0.4, -0.2) is 25.1 Å². The lowest BCUT2D eigenvalue weighted by atomic mass is 9.90. The summed E-state index contributed by atoms with van der Waals surface area (Å²) in [6.07, 6.45) is 1.31. The molecule has 0 atom stereocenters. The highest BCUT2D eigenvalue weighted by Crippen LogP contribution is 2.21. The van der Waals surface area contributed by atoms with Crippen molar-refractivity contribution in [3.05, 3.63) is 0 Å². The molecule has 68 valence electrons. The first kappa shape index (κ1) is 11.3. The number of thioether (sulfide) groups is 1. The Kier molecular flexibility index (Phi) is 6.06. The van der Waals surface area contributed by atoms with Crippen LogP contribution in [0.4, 0.5) is 0 Å². The first-order valence-corrected chi connectivity index (χ1v) is 5.50. The van der Waals surface area contributed by atoms with E-state index in [1.165, 1.54) is 17.9 Å². The van der Waals surface area contributed by atoms with Crippen molar-refractivity contribution in [1.82, 2.24) is 5.32 Å². The van der Waals surface area contributed by atoms with Gasteiger partial charge >= 0.3 is 0 Å². The number of rotatable bonds is 6. The summed E-state index contributed by atoms with van der Waals surface area (Å²) >= 11 is 2.03. The quantitative estimate of drug-likeness (QED) is 0.622. The molecule has 2 heteroatoms. The van der Waals surface area contributed by atoms with Crippen LogP contribution in [0.1, 0.15) is 27.2 Å². The molecule has 11 heavy (non-hydrogen) atoms. The molecule has 0 spiro atoms. The third kappa shape index (κ3) is 6.70. The zero-order chi connectivity index (χ0) is 8.74. The Labute approximate surface area is 75.3 Å². The van der Waals surface area contributed by atoms with E-state index in [1.807, 2.05) is 18.8 Å². The largest absolute Gasteiger partial charge is 0.319 e. The smallest absolute Gasteiger partial charge is 0.0000191 e. The molecule has 0 aliphatic rings. The van der Waals surface area contributed by atoms with Crippen molar-refractivity contribution in [3.8, 4) is 0 Å². The summed E-state index contributed by atoms with van der Waals surface area (Å²) in [6, 6.07) is 0. The monoisotopic (exact) mass is 175 g/mol. The van der Waals surface area contributed by atoms with Crippen LogP contribution in [0.5, 0.6) is 0 Å². The fourth-order valence-electron chi connectivity index (χ4n) is 1.06. The van der Waals surface area contributed by atoms with Crippen molar-refractivity contribution >= 4 is 11.8 Å². The summed E-state index contributed by atoms with van der Waals surface area (Å²) in [4.78, 5) is 0. The van der Waals surface area contributed by atoms with E-state index < -0.39 is 0 Å². The molecule has 0 amide bonds. The number of hydrogen-bond acceptors (Lipinski definition) is 2. The maximum Gasteiger partial charge on any atom is -0.0000191 e. The van der Waals surface area contributed by atoms with Gasteiger partial charge in [0.15, 0.2) is 0 Å². The van der Waals surface area contributed by atoms with E-state index in [-0.39, 0.29) is 0 Å². The molecule has 0 saturated carbocycles. The summed E-state index contributed by atoms with van der Waals surface area (Å²) in [5, 5.41) is 3.23. The molecular weight excluding hydrogens is 154 g/mol. The molecule has 0 aromatic rings. The topological polar surface area (TPSA) is 12.0 Å². The highest BCUT2D eigenvalue weighted by Gasteiger charge is 2.15. The van der Waals surface area contributed by atoms with Crippen molar-refractivity contribution in [2.75, 3.05) is 25.1 Å². The first-order valence-electron chi connectivity index (χ1n) is 4.35. The summed E-state index contributed by atoms with van der Waals surface area (Å²) in [6.45, 7) is 7.98. The van der Waals surface area contributed by atoms with Gasteiger partial charge in [0.25, 0.3) is 0 Å². The second-order valence-corrected chi connectivity index (χ2v) is 5.04. The Morgan fingerprint density at radius 3 is 2.45 bits per heavy atom. The van der Waals surface area contributed by atoms with Gasteiger partial charge in [0, 0.05) is 0 Å². The van der Waals surface area contributed by atoms with Crippen molar-refractivity contribution in [2.24, 2.45) is 5.41 Å². The van der Waals surface area contributed by atoms with Crippen LogP contribution >= 0.6 is 11.8 Å². The molecule has 1 nitrogen and oxygen atoms in total. The zero-order valence-corrected chi connectivity index (χ0v) is 9.05. The Balaban J connectivity index is 3.38. The second kappa shape index (κ2) is 5.90. The van der Waals surface area contributed by atoms with Crippen LogP contribution in [0.25, 0.3) is 0 Å². The van der Waals surface area contributed by atoms with E-state index in [0.29, 0.717) is 5.41 Å². The van der Waals surface area contributed by atoms with Crippen LogP contribution in [0, 0.1) is 5.41 Å². The van der Waals surface area contributed by atoms with Crippen molar-refractivity contribution in [3.63, 3.8) is 0 Å². The van der Waals surface area contributed by atoms with Crippen LogP contribution < -0.4 is 5.32 Å². The first-order chi connectivity index (χ1) is 5.12. The van der Waals surface area contributed by atoms with E-state index >= 15 is 0 Å². The molecule has 0 aliphatic heterocycles. The van der Waals surface area contributed by atoms with Gasteiger partial charge in [-0.2, -0.15) is 11.8 Å². The maximum atomic E-state index is 3.23. The van der Waals surface area contributed by atoms with Crippen LogP contribution in [0.2, 0.25) is 0 Å². The van der Waals surface area contributed by atoms with Crippen molar-refractivity contribution in [2.45, 2.75) is 27.2 Å². The van der Waals surface area contributed by atoms with E-state index in [1.54, 1.807) is 0 Å². The summed E-state index contributed by atoms with van der Waals surface area (Å²) in [5.41, 5.74) is 0.469. The third-order valence-corrected chi connectivity index (χ3v) is 2.68. The Bertz CT molecular complexity index is 91.6. The Hall–Kier alpha value is 0.310. The van der Waals surface area contributed by atoms with Crippen molar-refractivity contribution < 1.29 is 0 Å². The van der Waals surface area contributed by atoms with Gasteiger partial charge in [0.05, 0.1) is 0 Å². The number of hydrogen-bond donors (Lipinski definition) is 1. The number of nitrogens with one attached hydrogen (secondary N) is 1. The van der Waals surface area contributed by atoms with Gasteiger partial charge in [0.1, 0.15) is 0 Å². The van der Waals surface area contributed by atoms with E-state index in [9.17, 15) is 0 Å². The van der Waals surface area contributed by atoms with E-state index in [0.717, 1.165) is 6.54 Å². The third-order valence-electron chi connectivity index (χ3n) is 1.78. The van der Waals surface area contributed by atoms with Crippen LogP contribution in [0.3, 0.4) is 0 Å². The van der Waals surface area contributed by atoms with Gasteiger partial charge < -0.3 is 5.32 Å².